The second-order valence-corrected chi connectivity index (χ2v) is 7.74. The minimum Gasteiger partial charge on any atom is -0.464 e. The number of guanidine groups is 1. The van der Waals surface area contributed by atoms with Gasteiger partial charge in [0, 0.05) is 7.05 Å². The molecule has 0 heterocycles. The van der Waals surface area contributed by atoms with E-state index in [9.17, 15) is 18.9 Å². The number of rotatable bonds is 16. The third kappa shape index (κ3) is 15.8. The van der Waals surface area contributed by atoms with Crippen molar-refractivity contribution < 1.29 is 51.7 Å². The van der Waals surface area contributed by atoms with Gasteiger partial charge in [-0.25, -0.2) is 14.2 Å². The van der Waals surface area contributed by atoms with Crippen molar-refractivity contribution in [1.29, 1.82) is 0 Å². The highest BCUT2D eigenvalue weighted by Crippen LogP contribution is 2.49. The SMILES string of the molecule is CCCCOC(=O)CN(C)C(N)=NP(=O)(OCCOC(=O)OCC)OCCOC(=O)OCC. The molecule has 0 aromatic heterocycles. The number of carbonyl (C=O) groups excluding carboxylic acids is 3. The predicted molar refractivity (Wildman–Crippen MR) is 116 cm³/mol. The summed E-state index contributed by atoms with van der Waals surface area (Å²) < 4.78 is 50.6. The van der Waals surface area contributed by atoms with E-state index in [0.29, 0.717) is 0 Å². The Morgan fingerprint density at radius 2 is 1.33 bits per heavy atom. The second-order valence-electron chi connectivity index (χ2n) is 6.09. The summed E-state index contributed by atoms with van der Waals surface area (Å²) >= 11 is 0. The first-order chi connectivity index (χ1) is 15.7. The number of hydrogen-bond donors (Lipinski definition) is 1. The van der Waals surface area contributed by atoms with Crippen LogP contribution in [0.2, 0.25) is 0 Å². The number of carbonyl (C=O) groups is 3. The van der Waals surface area contributed by atoms with Crippen LogP contribution < -0.4 is 5.73 Å². The third-order valence-electron chi connectivity index (χ3n) is 3.38. The number of likely N-dealkylation sites (N-methyl/N-ethyl adjacent to an activating group) is 1. The highest BCUT2D eigenvalue weighted by molar-refractivity contribution is 7.52. The fraction of sp³-hybridized carbons (Fsp3) is 0.778. The molecule has 0 aliphatic carbocycles. The molecular formula is C18H34N3O11P. The largest absolute Gasteiger partial charge is 0.508 e. The van der Waals surface area contributed by atoms with Crippen LogP contribution in [0.1, 0.15) is 33.6 Å². The number of hydrogen-bond acceptors (Lipinski definition) is 11. The van der Waals surface area contributed by atoms with Gasteiger partial charge in [0.25, 0.3) is 0 Å². The standard InChI is InChI=1S/C18H34N3O11P/c1-5-8-9-28-15(22)14-21(4)16(19)20-33(25,31-12-10-29-17(23)26-6-2)32-13-11-30-18(24)27-7-3/h5-14H2,1-4H3,(H2,19,20,25). The van der Waals surface area contributed by atoms with Gasteiger partial charge in [-0.2, -0.15) is 0 Å². The quantitative estimate of drug-likeness (QED) is 0.0816. The number of unbranched alkanes of at least 4 members (excludes halogenated alkanes) is 1. The highest BCUT2D eigenvalue weighted by atomic mass is 31.2. The van der Waals surface area contributed by atoms with Crippen molar-refractivity contribution in [1.82, 2.24) is 4.90 Å². The topological polar surface area (TPSA) is 175 Å². The normalized spacial score (nSPS) is 11.5. The van der Waals surface area contributed by atoms with Gasteiger partial charge in [0.2, 0.25) is 5.96 Å². The lowest BCUT2D eigenvalue weighted by molar-refractivity contribution is -0.143. The Hall–Kier alpha value is -2.57. The fourth-order valence-corrected chi connectivity index (χ4v) is 3.03. The zero-order valence-electron chi connectivity index (χ0n) is 19.5. The number of nitrogens with zero attached hydrogens (tertiary/aromatic N) is 2. The van der Waals surface area contributed by atoms with Crippen molar-refractivity contribution in [2.24, 2.45) is 10.5 Å². The van der Waals surface area contributed by atoms with Crippen LogP contribution in [0.15, 0.2) is 4.76 Å². The van der Waals surface area contributed by atoms with Crippen LogP contribution in [0.3, 0.4) is 0 Å². The summed E-state index contributed by atoms with van der Waals surface area (Å²) in [5.41, 5.74) is 5.82. The zero-order valence-corrected chi connectivity index (χ0v) is 20.4. The Labute approximate surface area is 193 Å². The van der Waals surface area contributed by atoms with Crippen molar-refractivity contribution in [3.8, 4) is 0 Å². The van der Waals surface area contributed by atoms with Gasteiger partial charge in [-0.05, 0) is 20.3 Å². The van der Waals surface area contributed by atoms with Crippen molar-refractivity contribution in [3.05, 3.63) is 0 Å². The average Bonchev–Trinajstić information content (AvgIpc) is 2.75. The molecule has 0 aliphatic heterocycles. The van der Waals surface area contributed by atoms with Gasteiger partial charge < -0.3 is 34.3 Å². The maximum atomic E-state index is 13.0. The molecule has 14 nitrogen and oxygen atoms in total. The summed E-state index contributed by atoms with van der Waals surface area (Å²) in [6.45, 7) is 4.08. The van der Waals surface area contributed by atoms with E-state index >= 15 is 0 Å². The van der Waals surface area contributed by atoms with Crippen LogP contribution in [0.25, 0.3) is 0 Å². The molecule has 0 unspecified atom stereocenters. The smallest absolute Gasteiger partial charge is 0.464 e. The fourth-order valence-electron chi connectivity index (χ4n) is 1.82. The highest BCUT2D eigenvalue weighted by Gasteiger charge is 2.27. The summed E-state index contributed by atoms with van der Waals surface area (Å²) in [6, 6.07) is 0. The molecule has 0 saturated heterocycles. The van der Waals surface area contributed by atoms with E-state index in [1.165, 1.54) is 11.9 Å². The Kier molecular flexibility index (Phi) is 16.5. The Morgan fingerprint density at radius 3 is 1.79 bits per heavy atom. The molecule has 33 heavy (non-hydrogen) atoms. The molecule has 0 aromatic rings. The molecule has 0 aliphatic rings. The molecule has 192 valence electrons. The first kappa shape index (κ1) is 30.4. The van der Waals surface area contributed by atoms with Crippen molar-refractivity contribution in [2.45, 2.75) is 33.6 Å². The van der Waals surface area contributed by atoms with Gasteiger partial charge in [-0.3, -0.25) is 13.8 Å². The van der Waals surface area contributed by atoms with Crippen LogP contribution >= 0.6 is 7.75 Å². The minimum atomic E-state index is -4.24. The van der Waals surface area contributed by atoms with Gasteiger partial charge in [0.1, 0.15) is 19.8 Å². The first-order valence-electron chi connectivity index (χ1n) is 10.4. The Balaban J connectivity index is 4.97. The molecule has 0 saturated carbocycles. The summed E-state index contributed by atoms with van der Waals surface area (Å²) in [4.78, 5) is 35.4. The van der Waals surface area contributed by atoms with E-state index in [0.717, 1.165) is 12.8 Å². The third-order valence-corrected chi connectivity index (χ3v) is 4.85. The molecule has 0 aromatic carbocycles. The van der Waals surface area contributed by atoms with Gasteiger partial charge >= 0.3 is 26.0 Å². The lowest BCUT2D eigenvalue weighted by Gasteiger charge is -2.20. The summed E-state index contributed by atoms with van der Waals surface area (Å²) in [5.74, 6) is -0.880. The van der Waals surface area contributed by atoms with Crippen LogP contribution in [0, 0.1) is 0 Å². The molecular weight excluding hydrogens is 465 g/mol. The van der Waals surface area contributed by atoms with E-state index in [2.05, 4.69) is 14.2 Å². The molecule has 15 heteroatoms. The molecule has 0 spiro atoms. The van der Waals surface area contributed by atoms with Gasteiger partial charge in [-0.15, -0.1) is 4.76 Å². The van der Waals surface area contributed by atoms with E-state index in [4.69, 9.17) is 29.0 Å². The van der Waals surface area contributed by atoms with Crippen molar-refractivity contribution >= 4 is 32.0 Å². The number of nitrogens with two attached hydrogens (primary N) is 1. The molecule has 0 rings (SSSR count). The van der Waals surface area contributed by atoms with Gasteiger partial charge in [0.05, 0.1) is 33.0 Å². The first-order valence-corrected chi connectivity index (χ1v) is 11.9. The van der Waals surface area contributed by atoms with E-state index in [-0.39, 0.29) is 58.8 Å². The summed E-state index contributed by atoms with van der Waals surface area (Å²) in [7, 11) is -2.82. The monoisotopic (exact) mass is 499 g/mol. The van der Waals surface area contributed by atoms with Gasteiger partial charge in [0.15, 0.2) is 0 Å². The molecule has 0 bridgehead atoms. The predicted octanol–water partition coefficient (Wildman–Crippen LogP) is 2.06. The minimum absolute atomic E-state index is 0.121. The second kappa shape index (κ2) is 17.9. The van der Waals surface area contributed by atoms with Crippen LogP contribution in [0.5, 0.6) is 0 Å². The maximum Gasteiger partial charge on any atom is 0.508 e. The Bertz CT molecular complexity index is 645. The summed E-state index contributed by atoms with van der Waals surface area (Å²) in [5, 5.41) is 0. The lowest BCUT2D eigenvalue weighted by atomic mass is 10.4. The van der Waals surface area contributed by atoms with Crippen molar-refractivity contribution in [3.63, 3.8) is 0 Å². The zero-order chi connectivity index (χ0) is 25.1. The summed E-state index contributed by atoms with van der Waals surface area (Å²) in [6.07, 6.45) is -0.268. The van der Waals surface area contributed by atoms with E-state index in [1.54, 1.807) is 13.8 Å². The van der Waals surface area contributed by atoms with Gasteiger partial charge in [-0.1, -0.05) is 13.3 Å². The molecule has 0 radical (unpaired) electrons. The number of esters is 1. The molecule has 0 amide bonds. The number of ether oxygens (including phenoxy) is 5. The molecule has 0 atom stereocenters. The van der Waals surface area contributed by atoms with E-state index in [1.807, 2.05) is 6.92 Å². The maximum absolute atomic E-state index is 13.0. The van der Waals surface area contributed by atoms with Crippen LogP contribution in [0.4, 0.5) is 9.59 Å². The Morgan fingerprint density at radius 1 is 0.818 bits per heavy atom. The van der Waals surface area contributed by atoms with Crippen LogP contribution in [-0.4, -0.2) is 89.0 Å². The van der Waals surface area contributed by atoms with Crippen molar-refractivity contribution in [2.75, 3.05) is 59.8 Å². The lowest BCUT2D eigenvalue weighted by Crippen LogP contribution is -2.38. The van der Waals surface area contributed by atoms with Crippen LogP contribution in [-0.2, 0) is 42.1 Å². The molecule has 0 fully saturated rings. The van der Waals surface area contributed by atoms with E-state index < -0.39 is 26.0 Å². The molecule has 2 N–H and O–H groups in total. The average molecular weight is 499 g/mol.